The van der Waals surface area contributed by atoms with Gasteiger partial charge in [0, 0.05) is 54.6 Å². The zero-order valence-corrected chi connectivity index (χ0v) is 15.5. The van der Waals surface area contributed by atoms with E-state index in [2.05, 4.69) is 57.9 Å². The van der Waals surface area contributed by atoms with E-state index in [1.54, 1.807) is 0 Å². The van der Waals surface area contributed by atoms with Crippen LogP contribution in [0.3, 0.4) is 0 Å². The van der Waals surface area contributed by atoms with E-state index in [0.717, 1.165) is 49.5 Å². The average molecular weight is 361 g/mol. The molecular weight excluding hydrogens is 338 g/mol. The summed E-state index contributed by atoms with van der Waals surface area (Å²) in [5.74, 6) is 0.926. The molecule has 0 aliphatic carbocycles. The Morgan fingerprint density at radius 3 is 2.78 bits per heavy atom. The molecule has 0 atom stereocenters. The molecule has 4 aromatic rings. The van der Waals surface area contributed by atoms with Gasteiger partial charge in [0.25, 0.3) is 0 Å². The molecule has 5 rings (SSSR count). The van der Waals surface area contributed by atoms with E-state index in [4.69, 9.17) is 9.47 Å². The molecule has 0 N–H and O–H groups in total. The van der Waals surface area contributed by atoms with Crippen LogP contribution in [0, 0.1) is 0 Å². The number of pyridine rings is 1. The highest BCUT2D eigenvalue weighted by atomic mass is 16.5. The summed E-state index contributed by atoms with van der Waals surface area (Å²) >= 11 is 0. The van der Waals surface area contributed by atoms with Crippen LogP contribution in [0.4, 0.5) is 0 Å². The summed E-state index contributed by atoms with van der Waals surface area (Å²) in [4.78, 5) is 6.88. The van der Waals surface area contributed by atoms with Gasteiger partial charge >= 0.3 is 0 Å². The molecule has 5 nitrogen and oxygen atoms in total. The molecular formula is C22H23N3O2. The normalized spacial score (nSPS) is 15.7. The molecule has 1 fully saturated rings. The molecule has 1 aliphatic rings. The summed E-state index contributed by atoms with van der Waals surface area (Å²) < 4.78 is 13.7. The maximum atomic E-state index is 6.06. The second kappa shape index (κ2) is 6.83. The van der Waals surface area contributed by atoms with Crippen LogP contribution in [0.2, 0.25) is 0 Å². The Labute approximate surface area is 158 Å². The summed E-state index contributed by atoms with van der Waals surface area (Å²) in [5, 5.41) is 3.63. The molecule has 138 valence electrons. The van der Waals surface area contributed by atoms with E-state index in [0.29, 0.717) is 6.61 Å². The molecule has 0 amide bonds. The predicted molar refractivity (Wildman–Crippen MR) is 108 cm³/mol. The highest BCUT2D eigenvalue weighted by Gasteiger charge is 2.12. The van der Waals surface area contributed by atoms with Crippen LogP contribution in [0.1, 0.15) is 0 Å². The number of morpholine rings is 1. The Morgan fingerprint density at radius 2 is 1.89 bits per heavy atom. The predicted octanol–water partition coefficient (Wildman–Crippen LogP) is 3.59. The molecule has 1 aliphatic heterocycles. The number of fused-ring (bicyclic) bond motifs is 4. The van der Waals surface area contributed by atoms with Gasteiger partial charge in [-0.25, -0.2) is 0 Å². The number of benzene rings is 2. The van der Waals surface area contributed by atoms with Crippen molar-refractivity contribution in [3.8, 4) is 5.75 Å². The zero-order valence-electron chi connectivity index (χ0n) is 15.5. The van der Waals surface area contributed by atoms with Crippen molar-refractivity contribution in [2.75, 3.05) is 39.5 Å². The van der Waals surface area contributed by atoms with Gasteiger partial charge in [-0.1, -0.05) is 6.07 Å². The Bertz CT molecular complexity index is 1110. The van der Waals surface area contributed by atoms with Crippen molar-refractivity contribution in [1.29, 1.82) is 0 Å². The summed E-state index contributed by atoms with van der Waals surface area (Å²) in [7, 11) is 2.11. The molecule has 0 spiro atoms. The molecule has 1 saturated heterocycles. The fraction of sp³-hybridized carbons (Fsp3) is 0.318. The van der Waals surface area contributed by atoms with Gasteiger partial charge in [0.1, 0.15) is 12.4 Å². The van der Waals surface area contributed by atoms with Crippen LogP contribution in [-0.4, -0.2) is 53.9 Å². The minimum Gasteiger partial charge on any atom is -0.492 e. The monoisotopic (exact) mass is 361 g/mol. The molecule has 2 aromatic heterocycles. The summed E-state index contributed by atoms with van der Waals surface area (Å²) in [5.41, 5.74) is 3.43. The van der Waals surface area contributed by atoms with E-state index < -0.39 is 0 Å². The molecule has 0 saturated carbocycles. The highest BCUT2D eigenvalue weighted by molar-refractivity contribution is 6.12. The Morgan fingerprint density at radius 1 is 1.04 bits per heavy atom. The van der Waals surface area contributed by atoms with Crippen LogP contribution in [0.5, 0.6) is 5.75 Å². The molecule has 5 heteroatoms. The largest absolute Gasteiger partial charge is 0.492 e. The van der Waals surface area contributed by atoms with Gasteiger partial charge in [-0.2, -0.15) is 0 Å². The average Bonchev–Trinajstić information content (AvgIpc) is 2.98. The van der Waals surface area contributed by atoms with Crippen molar-refractivity contribution in [3.63, 3.8) is 0 Å². The first-order valence-electron chi connectivity index (χ1n) is 9.49. The molecule has 27 heavy (non-hydrogen) atoms. The quantitative estimate of drug-likeness (QED) is 0.557. The van der Waals surface area contributed by atoms with E-state index in [1.165, 1.54) is 21.8 Å². The lowest BCUT2D eigenvalue weighted by Crippen LogP contribution is -2.38. The van der Waals surface area contributed by atoms with Crippen LogP contribution in [0.15, 0.2) is 48.7 Å². The van der Waals surface area contributed by atoms with Crippen LogP contribution < -0.4 is 4.74 Å². The minimum absolute atomic E-state index is 0.698. The first-order chi connectivity index (χ1) is 13.3. The molecule has 0 bridgehead atoms. The number of aryl methyl sites for hydroxylation is 1. The number of hydrogen-bond donors (Lipinski definition) is 0. The summed E-state index contributed by atoms with van der Waals surface area (Å²) in [6.07, 6.45) is 1.84. The van der Waals surface area contributed by atoms with E-state index in [-0.39, 0.29) is 0 Å². The van der Waals surface area contributed by atoms with Crippen molar-refractivity contribution in [2.24, 2.45) is 7.05 Å². The number of nitrogens with zero attached hydrogens (tertiary/aromatic N) is 3. The number of rotatable bonds is 4. The van der Waals surface area contributed by atoms with Gasteiger partial charge in [-0.15, -0.1) is 0 Å². The maximum Gasteiger partial charge on any atom is 0.120 e. The smallest absolute Gasteiger partial charge is 0.120 e. The third-order valence-electron chi connectivity index (χ3n) is 5.48. The summed E-state index contributed by atoms with van der Waals surface area (Å²) in [6, 6.07) is 14.9. The van der Waals surface area contributed by atoms with Gasteiger partial charge in [-0.05, 0) is 36.4 Å². The minimum atomic E-state index is 0.698. The first-order valence-corrected chi connectivity index (χ1v) is 9.49. The lowest BCUT2D eigenvalue weighted by Gasteiger charge is -2.26. The number of aromatic nitrogens is 2. The van der Waals surface area contributed by atoms with Gasteiger partial charge in [0.15, 0.2) is 0 Å². The summed E-state index contributed by atoms with van der Waals surface area (Å²) in [6.45, 7) is 5.27. The van der Waals surface area contributed by atoms with Crippen molar-refractivity contribution in [1.82, 2.24) is 14.5 Å². The van der Waals surface area contributed by atoms with Gasteiger partial charge in [0.2, 0.25) is 0 Å². The second-order valence-corrected chi connectivity index (χ2v) is 7.11. The third-order valence-corrected chi connectivity index (χ3v) is 5.48. The standard InChI is InChI=1S/C22H23N3O2/c1-24-21-5-4-17(27-12-9-25-7-10-26-11-8-25)14-19(21)18-13-16-3-2-6-23-20(16)15-22(18)24/h2-6,13-15H,7-12H2,1H3. The Kier molecular flexibility index (Phi) is 4.19. The number of hydrogen-bond acceptors (Lipinski definition) is 4. The van der Waals surface area contributed by atoms with Crippen molar-refractivity contribution < 1.29 is 9.47 Å². The van der Waals surface area contributed by atoms with Crippen molar-refractivity contribution in [2.45, 2.75) is 0 Å². The Hall–Kier alpha value is -2.63. The number of ether oxygens (including phenoxy) is 2. The van der Waals surface area contributed by atoms with Gasteiger partial charge in [-0.3, -0.25) is 9.88 Å². The third kappa shape index (κ3) is 3.03. The first kappa shape index (κ1) is 16.5. The van der Waals surface area contributed by atoms with E-state index >= 15 is 0 Å². The van der Waals surface area contributed by atoms with E-state index in [9.17, 15) is 0 Å². The maximum absolute atomic E-state index is 6.06. The topological polar surface area (TPSA) is 39.5 Å². The lowest BCUT2D eigenvalue weighted by atomic mass is 10.1. The fourth-order valence-corrected chi connectivity index (χ4v) is 3.96. The second-order valence-electron chi connectivity index (χ2n) is 7.11. The molecule has 0 radical (unpaired) electrons. The van der Waals surface area contributed by atoms with Crippen LogP contribution >= 0.6 is 0 Å². The van der Waals surface area contributed by atoms with Crippen LogP contribution in [0.25, 0.3) is 32.7 Å². The zero-order chi connectivity index (χ0) is 18.2. The van der Waals surface area contributed by atoms with E-state index in [1.807, 2.05) is 12.3 Å². The van der Waals surface area contributed by atoms with Crippen LogP contribution in [-0.2, 0) is 11.8 Å². The van der Waals surface area contributed by atoms with Gasteiger partial charge in [0.05, 0.1) is 24.2 Å². The van der Waals surface area contributed by atoms with Crippen molar-refractivity contribution in [3.05, 3.63) is 48.7 Å². The fourth-order valence-electron chi connectivity index (χ4n) is 3.96. The molecule has 0 unspecified atom stereocenters. The molecule has 2 aromatic carbocycles. The van der Waals surface area contributed by atoms with Crippen molar-refractivity contribution >= 4 is 32.7 Å². The highest BCUT2D eigenvalue weighted by Crippen LogP contribution is 2.33. The lowest BCUT2D eigenvalue weighted by molar-refractivity contribution is 0.0322. The SMILES string of the molecule is Cn1c2ccc(OCCN3CCOCC3)cc2c2cc3cccnc3cc21. The molecule has 3 heterocycles. The van der Waals surface area contributed by atoms with Gasteiger partial charge < -0.3 is 14.0 Å². The Balaban J connectivity index is 1.46.